The number of nitrogens with one attached hydrogen (secondary N) is 2. The van der Waals surface area contributed by atoms with Gasteiger partial charge in [0.1, 0.15) is 4.21 Å². The fraction of sp³-hybridized carbons (Fsp3) is 0.385. The van der Waals surface area contributed by atoms with Crippen LogP contribution in [0.1, 0.15) is 16.7 Å². The molecule has 0 unspecified atom stereocenters. The second-order valence-electron chi connectivity index (χ2n) is 4.35. The van der Waals surface area contributed by atoms with Gasteiger partial charge in [-0.05, 0) is 37.2 Å². The SMILES string of the molecule is CCNCc1ccc(S(=O)(=O)NCCc2ccc(Cl)s2)s1. The number of thiophene rings is 2. The van der Waals surface area contributed by atoms with Crippen molar-refractivity contribution in [1.82, 2.24) is 10.0 Å². The van der Waals surface area contributed by atoms with Crippen molar-refractivity contribution in [2.24, 2.45) is 0 Å². The molecule has 0 aliphatic heterocycles. The van der Waals surface area contributed by atoms with Gasteiger partial charge in [0.05, 0.1) is 4.34 Å². The summed E-state index contributed by atoms with van der Waals surface area (Å²) in [6, 6.07) is 7.24. The van der Waals surface area contributed by atoms with Gasteiger partial charge in [-0.25, -0.2) is 13.1 Å². The molecule has 0 atom stereocenters. The summed E-state index contributed by atoms with van der Waals surface area (Å²) in [5.74, 6) is 0. The molecule has 2 aromatic rings. The van der Waals surface area contributed by atoms with Crippen LogP contribution in [0, 0.1) is 0 Å². The monoisotopic (exact) mass is 364 g/mol. The van der Waals surface area contributed by atoms with Crippen molar-refractivity contribution in [2.75, 3.05) is 13.1 Å². The predicted molar refractivity (Wildman–Crippen MR) is 89.9 cm³/mol. The van der Waals surface area contributed by atoms with Crippen LogP contribution in [0.15, 0.2) is 28.5 Å². The molecule has 2 N–H and O–H groups in total. The van der Waals surface area contributed by atoms with E-state index >= 15 is 0 Å². The van der Waals surface area contributed by atoms with E-state index in [9.17, 15) is 8.42 Å². The third-order valence-electron chi connectivity index (χ3n) is 2.74. The molecule has 0 aromatic carbocycles. The number of halogens is 1. The molecule has 0 aliphatic rings. The van der Waals surface area contributed by atoms with Crippen LogP contribution < -0.4 is 10.0 Å². The zero-order valence-corrected chi connectivity index (χ0v) is 14.8. The Balaban J connectivity index is 1.90. The zero-order valence-electron chi connectivity index (χ0n) is 11.6. The fourth-order valence-corrected chi connectivity index (χ4v) is 5.20. The second kappa shape index (κ2) is 7.71. The fourth-order valence-electron chi connectivity index (χ4n) is 1.71. The lowest BCUT2D eigenvalue weighted by Crippen LogP contribution is -2.25. The summed E-state index contributed by atoms with van der Waals surface area (Å²) < 4.78 is 28.1. The molecule has 2 heterocycles. The molecule has 0 aliphatic carbocycles. The Morgan fingerprint density at radius 2 is 1.90 bits per heavy atom. The highest BCUT2D eigenvalue weighted by Crippen LogP contribution is 2.23. The maximum absolute atomic E-state index is 12.2. The van der Waals surface area contributed by atoms with Gasteiger partial charge in [-0.2, -0.15) is 0 Å². The van der Waals surface area contributed by atoms with Crippen molar-refractivity contribution in [3.05, 3.63) is 38.4 Å². The van der Waals surface area contributed by atoms with E-state index in [1.54, 1.807) is 6.07 Å². The van der Waals surface area contributed by atoms with Gasteiger partial charge in [0.25, 0.3) is 0 Å². The van der Waals surface area contributed by atoms with Gasteiger partial charge in [0.2, 0.25) is 10.0 Å². The highest BCUT2D eigenvalue weighted by atomic mass is 35.5. The van der Waals surface area contributed by atoms with Gasteiger partial charge < -0.3 is 5.32 Å². The molecule has 0 bridgehead atoms. The second-order valence-corrected chi connectivity index (χ2v) is 9.32. The van der Waals surface area contributed by atoms with Crippen molar-refractivity contribution in [2.45, 2.75) is 24.1 Å². The first-order chi connectivity index (χ1) is 10.0. The minimum absolute atomic E-state index is 0.361. The Bertz CT molecular complexity index is 679. The van der Waals surface area contributed by atoms with E-state index in [1.165, 1.54) is 22.7 Å². The summed E-state index contributed by atoms with van der Waals surface area (Å²) in [7, 11) is -3.42. The summed E-state index contributed by atoms with van der Waals surface area (Å²) >= 11 is 8.62. The topological polar surface area (TPSA) is 58.2 Å². The van der Waals surface area contributed by atoms with Gasteiger partial charge in [-0.1, -0.05) is 18.5 Å². The van der Waals surface area contributed by atoms with Crippen LogP contribution in [0.5, 0.6) is 0 Å². The number of rotatable bonds is 8. The van der Waals surface area contributed by atoms with Crippen LogP contribution in [0.25, 0.3) is 0 Å². The number of sulfonamides is 1. The van der Waals surface area contributed by atoms with Crippen molar-refractivity contribution in [1.29, 1.82) is 0 Å². The molecule has 8 heteroatoms. The van der Waals surface area contributed by atoms with Gasteiger partial charge >= 0.3 is 0 Å². The maximum Gasteiger partial charge on any atom is 0.250 e. The summed E-state index contributed by atoms with van der Waals surface area (Å²) in [5, 5.41) is 3.18. The minimum atomic E-state index is -3.42. The third-order valence-corrected chi connectivity index (χ3v) is 7.07. The average molecular weight is 365 g/mol. The van der Waals surface area contributed by atoms with Crippen molar-refractivity contribution in [3.63, 3.8) is 0 Å². The van der Waals surface area contributed by atoms with E-state index < -0.39 is 10.0 Å². The maximum atomic E-state index is 12.2. The smallest absolute Gasteiger partial charge is 0.250 e. The van der Waals surface area contributed by atoms with Gasteiger partial charge in [-0.15, -0.1) is 22.7 Å². The first-order valence-electron chi connectivity index (χ1n) is 6.54. The molecule has 116 valence electrons. The largest absolute Gasteiger partial charge is 0.312 e. The molecule has 2 rings (SSSR count). The zero-order chi connectivity index (χ0) is 15.3. The average Bonchev–Trinajstić information content (AvgIpc) is 3.06. The molecular weight excluding hydrogens is 348 g/mol. The Labute approximate surface area is 138 Å². The lowest BCUT2D eigenvalue weighted by atomic mass is 10.3. The van der Waals surface area contributed by atoms with Gasteiger partial charge in [-0.3, -0.25) is 0 Å². The first kappa shape index (κ1) is 16.9. The van der Waals surface area contributed by atoms with E-state index in [0.29, 0.717) is 23.7 Å². The molecule has 21 heavy (non-hydrogen) atoms. The summed E-state index contributed by atoms with van der Waals surface area (Å²) in [6.07, 6.45) is 0.645. The number of hydrogen-bond donors (Lipinski definition) is 2. The van der Waals surface area contributed by atoms with E-state index in [2.05, 4.69) is 10.0 Å². The van der Waals surface area contributed by atoms with Crippen LogP contribution in [0.4, 0.5) is 0 Å². The Morgan fingerprint density at radius 3 is 2.57 bits per heavy atom. The lowest BCUT2D eigenvalue weighted by Gasteiger charge is -2.03. The highest BCUT2D eigenvalue weighted by Gasteiger charge is 2.16. The minimum Gasteiger partial charge on any atom is -0.312 e. The van der Waals surface area contributed by atoms with E-state index in [1.807, 2.05) is 25.1 Å². The van der Waals surface area contributed by atoms with Crippen molar-refractivity contribution >= 4 is 44.3 Å². The van der Waals surface area contributed by atoms with Gasteiger partial charge in [0, 0.05) is 22.8 Å². The normalized spacial score (nSPS) is 11.9. The molecule has 0 saturated heterocycles. The Morgan fingerprint density at radius 1 is 1.14 bits per heavy atom. The summed E-state index contributed by atoms with van der Waals surface area (Å²) in [4.78, 5) is 2.09. The molecule has 0 saturated carbocycles. The predicted octanol–water partition coefficient (Wildman–Crippen LogP) is 3.09. The standard InChI is InChI=1S/C13H17ClN2O2S3/c1-2-15-9-11-4-6-13(20-11)21(17,18)16-8-7-10-3-5-12(14)19-10/h3-6,15-16H,2,7-9H2,1H3. The lowest BCUT2D eigenvalue weighted by molar-refractivity contribution is 0.584. The van der Waals surface area contributed by atoms with Crippen LogP contribution in [0.3, 0.4) is 0 Å². The first-order valence-corrected chi connectivity index (χ1v) is 10.0. The van der Waals surface area contributed by atoms with Crippen LogP contribution >= 0.6 is 34.3 Å². The van der Waals surface area contributed by atoms with Crippen molar-refractivity contribution in [3.8, 4) is 0 Å². The number of hydrogen-bond acceptors (Lipinski definition) is 5. The van der Waals surface area contributed by atoms with E-state index in [0.717, 1.165) is 20.6 Å². The molecule has 0 spiro atoms. The van der Waals surface area contributed by atoms with E-state index in [-0.39, 0.29) is 0 Å². The van der Waals surface area contributed by atoms with Gasteiger partial charge in [0.15, 0.2) is 0 Å². The van der Waals surface area contributed by atoms with Crippen LogP contribution in [-0.4, -0.2) is 21.5 Å². The molecule has 0 fully saturated rings. The highest BCUT2D eigenvalue weighted by molar-refractivity contribution is 7.91. The molecule has 2 aromatic heterocycles. The Kier molecular flexibility index (Phi) is 6.21. The quantitative estimate of drug-likeness (QED) is 0.756. The molecule has 4 nitrogen and oxygen atoms in total. The molecular formula is C13H17ClN2O2S3. The summed E-state index contributed by atoms with van der Waals surface area (Å²) in [5.41, 5.74) is 0. The third kappa shape index (κ3) is 5.05. The van der Waals surface area contributed by atoms with Crippen LogP contribution in [0.2, 0.25) is 4.34 Å². The van der Waals surface area contributed by atoms with E-state index in [4.69, 9.17) is 11.6 Å². The van der Waals surface area contributed by atoms with Crippen molar-refractivity contribution < 1.29 is 8.42 Å². The molecule has 0 radical (unpaired) electrons. The Hall–Kier alpha value is -0.440. The van der Waals surface area contributed by atoms with Crippen LogP contribution in [-0.2, 0) is 23.0 Å². The summed E-state index contributed by atoms with van der Waals surface area (Å²) in [6.45, 7) is 3.95. The molecule has 0 amide bonds.